The van der Waals surface area contributed by atoms with E-state index in [-0.39, 0.29) is 5.02 Å². The highest BCUT2D eigenvalue weighted by Gasteiger charge is 2.11. The van der Waals surface area contributed by atoms with Crippen LogP contribution < -0.4 is 10.6 Å². The van der Waals surface area contributed by atoms with E-state index in [2.05, 4.69) is 0 Å². The third-order valence-corrected chi connectivity index (χ3v) is 2.74. The number of hydrogen-bond donors (Lipinski definition) is 1. The summed E-state index contributed by atoms with van der Waals surface area (Å²) in [4.78, 5) is 1.80. The van der Waals surface area contributed by atoms with Gasteiger partial charge in [0.05, 0.1) is 29.2 Å². The van der Waals surface area contributed by atoms with Gasteiger partial charge in [-0.1, -0.05) is 11.6 Å². The van der Waals surface area contributed by atoms with E-state index >= 15 is 0 Å². The smallest absolute Gasteiger partial charge is 0.144 e. The average molecular weight is 255 g/mol. The molecular formula is C12H12ClFN2O. The molecule has 2 rings (SSSR count). The molecule has 0 amide bonds. The Bertz CT molecular complexity index is 513. The van der Waals surface area contributed by atoms with Crippen molar-refractivity contribution in [3.63, 3.8) is 0 Å². The predicted molar refractivity (Wildman–Crippen MR) is 66.6 cm³/mol. The quantitative estimate of drug-likeness (QED) is 0.855. The lowest BCUT2D eigenvalue weighted by molar-refractivity contribution is 0.507. The van der Waals surface area contributed by atoms with Gasteiger partial charge in [-0.25, -0.2) is 4.39 Å². The topological polar surface area (TPSA) is 42.4 Å². The van der Waals surface area contributed by atoms with Gasteiger partial charge in [0.15, 0.2) is 0 Å². The number of anilines is 2. The van der Waals surface area contributed by atoms with E-state index in [0.717, 1.165) is 5.76 Å². The van der Waals surface area contributed by atoms with Gasteiger partial charge in [0.1, 0.15) is 11.6 Å². The molecule has 0 aliphatic rings. The van der Waals surface area contributed by atoms with E-state index in [1.54, 1.807) is 17.2 Å². The van der Waals surface area contributed by atoms with Crippen LogP contribution in [0.1, 0.15) is 5.76 Å². The normalized spacial score (nSPS) is 10.5. The number of halogens is 2. The molecule has 0 aliphatic carbocycles. The molecule has 0 bridgehead atoms. The fraction of sp³-hybridized carbons (Fsp3) is 0.167. The van der Waals surface area contributed by atoms with Crippen LogP contribution in [0.2, 0.25) is 5.02 Å². The summed E-state index contributed by atoms with van der Waals surface area (Å²) in [6, 6.07) is 6.37. The van der Waals surface area contributed by atoms with E-state index in [9.17, 15) is 4.39 Å². The Balaban J connectivity index is 2.24. The molecule has 90 valence electrons. The van der Waals surface area contributed by atoms with Gasteiger partial charge in [-0.15, -0.1) is 0 Å². The van der Waals surface area contributed by atoms with Gasteiger partial charge in [0.25, 0.3) is 0 Å². The molecule has 1 heterocycles. The summed E-state index contributed by atoms with van der Waals surface area (Å²) in [6.45, 7) is 0.512. The van der Waals surface area contributed by atoms with E-state index < -0.39 is 5.82 Å². The molecule has 0 spiro atoms. The number of rotatable bonds is 3. The molecule has 1 aromatic carbocycles. The first kappa shape index (κ1) is 11.8. The van der Waals surface area contributed by atoms with Crippen LogP contribution in [0, 0.1) is 5.82 Å². The van der Waals surface area contributed by atoms with Crippen LogP contribution in [0.5, 0.6) is 0 Å². The van der Waals surface area contributed by atoms with Crippen LogP contribution in [0.3, 0.4) is 0 Å². The highest BCUT2D eigenvalue weighted by atomic mass is 35.5. The number of hydrogen-bond acceptors (Lipinski definition) is 3. The lowest BCUT2D eigenvalue weighted by Crippen LogP contribution is -2.17. The van der Waals surface area contributed by atoms with E-state index in [1.165, 1.54) is 12.1 Å². The third kappa shape index (κ3) is 2.53. The average Bonchev–Trinajstić information content (AvgIpc) is 2.76. The molecule has 17 heavy (non-hydrogen) atoms. The Kier molecular flexibility index (Phi) is 3.24. The molecule has 0 aliphatic heterocycles. The fourth-order valence-corrected chi connectivity index (χ4v) is 1.78. The molecule has 3 nitrogen and oxygen atoms in total. The number of nitrogen functional groups attached to an aromatic ring is 1. The van der Waals surface area contributed by atoms with Gasteiger partial charge < -0.3 is 15.1 Å². The molecule has 0 saturated heterocycles. The Morgan fingerprint density at radius 2 is 2.24 bits per heavy atom. The molecular weight excluding hydrogens is 243 g/mol. The summed E-state index contributed by atoms with van der Waals surface area (Å²) in [5.41, 5.74) is 6.82. The van der Waals surface area contributed by atoms with Crippen LogP contribution in [-0.2, 0) is 6.54 Å². The summed E-state index contributed by atoms with van der Waals surface area (Å²) >= 11 is 5.64. The molecule has 0 fully saturated rings. The maximum absolute atomic E-state index is 13.4. The Hall–Kier alpha value is -1.68. The largest absolute Gasteiger partial charge is 0.467 e. The number of nitrogens with zero attached hydrogens (tertiary/aromatic N) is 1. The zero-order valence-electron chi connectivity index (χ0n) is 9.28. The third-order valence-electron chi connectivity index (χ3n) is 2.45. The molecule has 2 aromatic rings. The second-order valence-corrected chi connectivity index (χ2v) is 4.17. The minimum atomic E-state index is -0.484. The van der Waals surface area contributed by atoms with Crippen molar-refractivity contribution in [2.24, 2.45) is 0 Å². The maximum atomic E-state index is 13.4. The van der Waals surface area contributed by atoms with Gasteiger partial charge in [0.2, 0.25) is 0 Å². The zero-order chi connectivity index (χ0) is 12.4. The number of nitrogens with two attached hydrogens (primary N) is 1. The van der Waals surface area contributed by atoms with Crippen LogP contribution in [-0.4, -0.2) is 7.05 Å². The van der Waals surface area contributed by atoms with E-state index in [4.69, 9.17) is 21.8 Å². The summed E-state index contributed by atoms with van der Waals surface area (Å²) in [7, 11) is 1.81. The van der Waals surface area contributed by atoms with Crippen molar-refractivity contribution in [1.29, 1.82) is 0 Å². The van der Waals surface area contributed by atoms with Crippen LogP contribution in [0.15, 0.2) is 34.9 Å². The molecule has 0 radical (unpaired) electrons. The summed E-state index contributed by atoms with van der Waals surface area (Å²) in [6.07, 6.45) is 1.59. The van der Waals surface area contributed by atoms with Gasteiger partial charge in [-0.3, -0.25) is 0 Å². The van der Waals surface area contributed by atoms with Gasteiger partial charge in [-0.2, -0.15) is 0 Å². The van der Waals surface area contributed by atoms with Gasteiger partial charge in [0, 0.05) is 13.1 Å². The van der Waals surface area contributed by atoms with Crippen molar-refractivity contribution < 1.29 is 8.81 Å². The molecule has 1 aromatic heterocycles. The van der Waals surface area contributed by atoms with Crippen molar-refractivity contribution in [2.75, 3.05) is 17.7 Å². The minimum Gasteiger partial charge on any atom is -0.467 e. The van der Waals surface area contributed by atoms with Crippen LogP contribution in [0.4, 0.5) is 15.8 Å². The second-order valence-electron chi connectivity index (χ2n) is 3.76. The van der Waals surface area contributed by atoms with Crippen LogP contribution in [0.25, 0.3) is 0 Å². The first-order valence-electron chi connectivity index (χ1n) is 5.06. The van der Waals surface area contributed by atoms with Crippen molar-refractivity contribution in [3.05, 3.63) is 47.1 Å². The fourth-order valence-electron chi connectivity index (χ4n) is 1.60. The second kappa shape index (κ2) is 4.67. The minimum absolute atomic E-state index is 0.0256. The van der Waals surface area contributed by atoms with E-state index in [0.29, 0.717) is 17.9 Å². The first-order valence-corrected chi connectivity index (χ1v) is 5.44. The SMILES string of the molecule is CN(Cc1ccco1)c1cc(F)c(Cl)cc1N. The molecule has 0 atom stereocenters. The van der Waals surface area contributed by atoms with Gasteiger partial charge in [-0.05, 0) is 18.2 Å². The molecule has 5 heteroatoms. The van der Waals surface area contributed by atoms with Crippen molar-refractivity contribution in [3.8, 4) is 0 Å². The Labute approximate surface area is 104 Å². The van der Waals surface area contributed by atoms with Crippen LogP contribution >= 0.6 is 11.6 Å². The predicted octanol–water partition coefficient (Wildman–Crippen LogP) is 3.29. The first-order chi connectivity index (χ1) is 8.08. The number of furan rings is 1. The molecule has 0 saturated carbocycles. The zero-order valence-corrected chi connectivity index (χ0v) is 10.0. The van der Waals surface area contributed by atoms with Gasteiger partial charge >= 0.3 is 0 Å². The maximum Gasteiger partial charge on any atom is 0.144 e. The van der Waals surface area contributed by atoms with E-state index in [1.807, 2.05) is 13.1 Å². The molecule has 0 unspecified atom stereocenters. The number of benzene rings is 1. The van der Waals surface area contributed by atoms with Crippen molar-refractivity contribution >= 4 is 23.0 Å². The monoisotopic (exact) mass is 254 g/mol. The highest BCUT2D eigenvalue weighted by Crippen LogP contribution is 2.29. The Morgan fingerprint density at radius 3 is 2.88 bits per heavy atom. The summed E-state index contributed by atoms with van der Waals surface area (Å²) in [5, 5.41) is 0.0256. The lowest BCUT2D eigenvalue weighted by atomic mass is 10.2. The molecule has 2 N–H and O–H groups in total. The van der Waals surface area contributed by atoms with Crippen molar-refractivity contribution in [1.82, 2.24) is 0 Å². The van der Waals surface area contributed by atoms with Crippen molar-refractivity contribution in [2.45, 2.75) is 6.54 Å². The summed E-state index contributed by atoms with van der Waals surface area (Å²) < 4.78 is 18.6. The summed E-state index contributed by atoms with van der Waals surface area (Å²) in [5.74, 6) is 0.296. The lowest BCUT2D eigenvalue weighted by Gasteiger charge is -2.20. The standard InChI is InChI=1S/C12H12ClFN2O/c1-16(7-8-3-2-4-17-8)12-6-10(14)9(13)5-11(12)15/h2-6H,7,15H2,1H3. The highest BCUT2D eigenvalue weighted by molar-refractivity contribution is 6.31. The Morgan fingerprint density at radius 1 is 1.47 bits per heavy atom.